The Labute approximate surface area is 149 Å². The first-order valence-electron chi connectivity index (χ1n) is 8.24. The molecule has 3 aromatic rings. The highest BCUT2D eigenvalue weighted by molar-refractivity contribution is 6.08. The van der Waals surface area contributed by atoms with E-state index in [-0.39, 0.29) is 11.8 Å². The van der Waals surface area contributed by atoms with E-state index in [1.165, 1.54) is 0 Å². The van der Waals surface area contributed by atoms with Gasteiger partial charge in [-0.05, 0) is 49.2 Å². The van der Waals surface area contributed by atoms with E-state index < -0.39 is 0 Å². The number of carbonyl (C=O) groups excluding carboxylic acids is 2. The van der Waals surface area contributed by atoms with Gasteiger partial charge in [0.1, 0.15) is 0 Å². The summed E-state index contributed by atoms with van der Waals surface area (Å²) in [6.07, 6.45) is 1.10. The summed E-state index contributed by atoms with van der Waals surface area (Å²) in [4.78, 5) is 28.4. The fourth-order valence-electron chi connectivity index (χ4n) is 2.93. The first-order chi connectivity index (χ1) is 12.6. The molecule has 0 unspecified atom stereocenters. The summed E-state index contributed by atoms with van der Waals surface area (Å²) in [5.74, 6) is 0.558. The third kappa shape index (κ3) is 3.06. The minimum absolute atomic E-state index is 0.0121. The molecule has 2 N–H and O–H groups in total. The molecule has 2 aromatic carbocycles. The Balaban J connectivity index is 1.61. The van der Waals surface area contributed by atoms with E-state index in [4.69, 9.17) is 4.52 Å². The number of amides is 2. The molecular weight excluding hydrogens is 332 g/mol. The minimum Gasteiger partial charge on any atom is -0.334 e. The van der Waals surface area contributed by atoms with Crippen molar-refractivity contribution in [2.75, 3.05) is 10.6 Å². The van der Waals surface area contributed by atoms with Crippen molar-refractivity contribution in [3.8, 4) is 11.5 Å². The molecule has 130 valence electrons. The molecule has 1 aromatic heterocycles. The lowest BCUT2D eigenvalue weighted by molar-refractivity contribution is -0.116. The van der Waals surface area contributed by atoms with Crippen molar-refractivity contribution in [2.45, 2.75) is 19.8 Å². The van der Waals surface area contributed by atoms with Crippen LogP contribution in [-0.4, -0.2) is 22.0 Å². The summed E-state index contributed by atoms with van der Waals surface area (Å²) in [5.41, 5.74) is 3.49. The zero-order valence-electron chi connectivity index (χ0n) is 14.1. The molecule has 0 saturated heterocycles. The Hall–Kier alpha value is -3.48. The average molecular weight is 348 g/mol. The fraction of sp³-hybridized carbons (Fsp3) is 0.158. The Morgan fingerprint density at radius 3 is 2.85 bits per heavy atom. The first-order valence-corrected chi connectivity index (χ1v) is 8.24. The number of nitrogens with one attached hydrogen (secondary N) is 2. The highest BCUT2D eigenvalue weighted by atomic mass is 16.5. The smallest absolute Gasteiger partial charge is 0.258 e. The second-order valence-corrected chi connectivity index (χ2v) is 6.07. The Morgan fingerprint density at radius 1 is 1.19 bits per heavy atom. The maximum atomic E-state index is 12.8. The van der Waals surface area contributed by atoms with E-state index in [0.717, 1.165) is 11.3 Å². The molecule has 0 spiro atoms. The van der Waals surface area contributed by atoms with E-state index in [2.05, 4.69) is 20.8 Å². The largest absolute Gasteiger partial charge is 0.334 e. The summed E-state index contributed by atoms with van der Waals surface area (Å²) in [7, 11) is 0. The molecule has 7 nitrogen and oxygen atoms in total. The van der Waals surface area contributed by atoms with Crippen molar-refractivity contribution in [1.29, 1.82) is 0 Å². The third-order valence-corrected chi connectivity index (χ3v) is 4.19. The minimum atomic E-state index is -0.267. The van der Waals surface area contributed by atoms with E-state index in [1.54, 1.807) is 37.3 Å². The summed E-state index contributed by atoms with van der Waals surface area (Å²) < 4.78 is 5.19. The molecule has 2 amide bonds. The van der Waals surface area contributed by atoms with Gasteiger partial charge in [-0.25, -0.2) is 0 Å². The van der Waals surface area contributed by atoms with Crippen LogP contribution in [0.25, 0.3) is 11.5 Å². The van der Waals surface area contributed by atoms with Gasteiger partial charge in [-0.15, -0.1) is 0 Å². The zero-order chi connectivity index (χ0) is 18.1. The van der Waals surface area contributed by atoms with Crippen LogP contribution in [0, 0.1) is 6.92 Å². The molecule has 0 saturated carbocycles. The summed E-state index contributed by atoms with van der Waals surface area (Å²) >= 11 is 0. The second-order valence-electron chi connectivity index (χ2n) is 6.07. The predicted octanol–water partition coefficient (Wildman–Crippen LogP) is 3.18. The van der Waals surface area contributed by atoms with Crippen LogP contribution in [0.1, 0.15) is 28.2 Å². The van der Waals surface area contributed by atoms with Crippen molar-refractivity contribution < 1.29 is 14.1 Å². The topological polar surface area (TPSA) is 97.1 Å². The molecule has 2 heterocycles. The van der Waals surface area contributed by atoms with Gasteiger partial charge >= 0.3 is 0 Å². The predicted molar refractivity (Wildman–Crippen MR) is 95.8 cm³/mol. The molecule has 0 atom stereocenters. The second kappa shape index (κ2) is 6.44. The summed E-state index contributed by atoms with van der Waals surface area (Å²) in [5, 5.41) is 9.50. The molecule has 7 heteroatoms. The normalized spacial score (nSPS) is 13.0. The van der Waals surface area contributed by atoms with Gasteiger partial charge in [-0.1, -0.05) is 17.3 Å². The lowest BCUT2D eigenvalue weighted by Crippen LogP contribution is -2.19. The number of anilines is 2. The maximum Gasteiger partial charge on any atom is 0.258 e. The van der Waals surface area contributed by atoms with Crippen molar-refractivity contribution in [1.82, 2.24) is 10.1 Å². The number of aromatic nitrogens is 2. The van der Waals surface area contributed by atoms with E-state index in [0.29, 0.717) is 41.4 Å². The molecule has 0 aliphatic carbocycles. The van der Waals surface area contributed by atoms with Crippen molar-refractivity contribution >= 4 is 23.2 Å². The average Bonchev–Trinajstić information content (AvgIpc) is 3.08. The number of carbonyl (C=O) groups is 2. The van der Waals surface area contributed by atoms with E-state index in [9.17, 15) is 9.59 Å². The number of benzene rings is 2. The zero-order valence-corrected chi connectivity index (χ0v) is 14.1. The molecule has 26 heavy (non-hydrogen) atoms. The number of aryl methyl sites for hydroxylation is 2. The molecule has 1 aliphatic rings. The standard InChI is InChI=1S/C19H16N4O3/c1-11-20-19(26-23-11)15-5-3-2-4-14(15)18(25)21-13-7-8-16-12(10-13)6-9-17(24)22-16/h2-5,7-8,10H,6,9H2,1H3,(H,21,25)(H,22,24). The van der Waals surface area contributed by atoms with Crippen molar-refractivity contribution in [2.24, 2.45) is 0 Å². The molecule has 4 rings (SSSR count). The van der Waals surface area contributed by atoms with Crippen LogP contribution in [0.5, 0.6) is 0 Å². The summed E-state index contributed by atoms with van der Waals surface area (Å²) in [6.45, 7) is 1.72. The van der Waals surface area contributed by atoms with Gasteiger partial charge in [0.2, 0.25) is 5.91 Å². The lowest BCUT2D eigenvalue weighted by atomic mass is 10.0. The highest BCUT2D eigenvalue weighted by Gasteiger charge is 2.18. The molecule has 0 bridgehead atoms. The summed E-state index contributed by atoms with van der Waals surface area (Å²) in [6, 6.07) is 12.5. The van der Waals surface area contributed by atoms with E-state index in [1.807, 2.05) is 12.1 Å². The number of rotatable bonds is 3. The fourth-order valence-corrected chi connectivity index (χ4v) is 2.93. The van der Waals surface area contributed by atoms with Gasteiger partial charge in [-0.2, -0.15) is 4.98 Å². The van der Waals surface area contributed by atoms with Gasteiger partial charge in [0, 0.05) is 17.8 Å². The first kappa shape index (κ1) is 16.0. The molecular formula is C19H16N4O3. The van der Waals surface area contributed by atoms with Crippen molar-refractivity contribution in [3.63, 3.8) is 0 Å². The third-order valence-electron chi connectivity index (χ3n) is 4.19. The van der Waals surface area contributed by atoms with Crippen LogP contribution in [0.2, 0.25) is 0 Å². The highest BCUT2D eigenvalue weighted by Crippen LogP contribution is 2.27. The van der Waals surface area contributed by atoms with Gasteiger partial charge in [-0.3, -0.25) is 9.59 Å². The Kier molecular flexibility index (Phi) is 3.96. The lowest BCUT2D eigenvalue weighted by Gasteiger charge is -2.18. The van der Waals surface area contributed by atoms with Crippen molar-refractivity contribution in [3.05, 3.63) is 59.4 Å². The molecule has 0 radical (unpaired) electrons. The van der Waals surface area contributed by atoms with Gasteiger partial charge in [0.15, 0.2) is 5.82 Å². The van der Waals surface area contributed by atoms with Crippen LogP contribution >= 0.6 is 0 Å². The number of fused-ring (bicyclic) bond motifs is 1. The van der Waals surface area contributed by atoms with Crippen LogP contribution in [0.3, 0.4) is 0 Å². The quantitative estimate of drug-likeness (QED) is 0.758. The number of nitrogens with zero attached hydrogens (tertiary/aromatic N) is 2. The van der Waals surface area contributed by atoms with Crippen LogP contribution in [-0.2, 0) is 11.2 Å². The number of hydrogen-bond acceptors (Lipinski definition) is 5. The van der Waals surface area contributed by atoms with Crippen LogP contribution in [0.4, 0.5) is 11.4 Å². The Morgan fingerprint density at radius 2 is 2.04 bits per heavy atom. The van der Waals surface area contributed by atoms with Gasteiger partial charge in [0.05, 0.1) is 11.1 Å². The maximum absolute atomic E-state index is 12.8. The van der Waals surface area contributed by atoms with Crippen LogP contribution < -0.4 is 10.6 Å². The molecule has 1 aliphatic heterocycles. The van der Waals surface area contributed by atoms with Crippen LogP contribution in [0.15, 0.2) is 47.0 Å². The van der Waals surface area contributed by atoms with E-state index >= 15 is 0 Å². The monoisotopic (exact) mass is 348 g/mol. The molecule has 0 fully saturated rings. The Bertz CT molecular complexity index is 1010. The van der Waals surface area contributed by atoms with Gasteiger partial charge in [0.25, 0.3) is 11.8 Å². The SMILES string of the molecule is Cc1noc(-c2ccccc2C(=O)Nc2ccc3c(c2)CCC(=O)N3)n1. The van der Waals surface area contributed by atoms with Gasteiger partial charge < -0.3 is 15.2 Å². The number of hydrogen-bond donors (Lipinski definition) is 2.